The first-order valence-corrected chi connectivity index (χ1v) is 11.5. The van der Waals surface area contributed by atoms with Crippen molar-refractivity contribution in [1.82, 2.24) is 5.32 Å². The highest BCUT2D eigenvalue weighted by molar-refractivity contribution is 5.85. The van der Waals surface area contributed by atoms with Gasteiger partial charge in [0.1, 0.15) is 12.4 Å². The molecule has 0 bridgehead atoms. The minimum Gasteiger partial charge on any atom is -0.425 e. The van der Waals surface area contributed by atoms with Gasteiger partial charge in [-0.25, -0.2) is 4.79 Å². The first-order chi connectivity index (χ1) is 16.2. The van der Waals surface area contributed by atoms with E-state index < -0.39 is 12.6 Å². The highest BCUT2D eigenvalue weighted by atomic mass is 16.5. The van der Waals surface area contributed by atoms with E-state index in [1.54, 1.807) is 12.1 Å². The molecule has 2 N–H and O–H groups in total. The van der Waals surface area contributed by atoms with Crippen LogP contribution >= 0.6 is 0 Å². The van der Waals surface area contributed by atoms with Crippen LogP contribution in [0.2, 0.25) is 0 Å². The fourth-order valence-electron chi connectivity index (χ4n) is 4.70. The largest absolute Gasteiger partial charge is 0.425 e. The van der Waals surface area contributed by atoms with Gasteiger partial charge in [0, 0.05) is 12.5 Å². The number of aliphatic hydroxyl groups excluding tert-OH is 1. The predicted octanol–water partition coefficient (Wildman–Crippen LogP) is 4.34. The topological polar surface area (TPSA) is 75.6 Å². The summed E-state index contributed by atoms with van der Waals surface area (Å²) in [6.45, 7) is -0.101. The number of nitrogens with one attached hydrogen (secondary N) is 1. The Morgan fingerprint density at radius 2 is 1.61 bits per heavy atom. The molecular weight excluding hydrogens is 414 g/mol. The van der Waals surface area contributed by atoms with Crippen molar-refractivity contribution in [3.8, 4) is 5.75 Å². The fourth-order valence-corrected chi connectivity index (χ4v) is 4.70. The lowest BCUT2D eigenvalue weighted by Gasteiger charge is -2.26. The molecule has 1 aliphatic rings. The third-order valence-corrected chi connectivity index (χ3v) is 6.27. The molecule has 0 radical (unpaired) electrons. The summed E-state index contributed by atoms with van der Waals surface area (Å²) in [7, 11) is 0. The van der Waals surface area contributed by atoms with Crippen molar-refractivity contribution in [1.29, 1.82) is 0 Å². The van der Waals surface area contributed by atoms with Crippen molar-refractivity contribution in [3.63, 3.8) is 0 Å². The number of hydrogen-bond acceptors (Lipinski definition) is 4. The maximum absolute atomic E-state index is 13.1. The van der Waals surface area contributed by atoms with Crippen LogP contribution in [0.4, 0.5) is 0 Å². The third kappa shape index (κ3) is 5.49. The number of fused-ring (bicyclic) bond motifs is 1. The number of esters is 1. The van der Waals surface area contributed by atoms with Crippen molar-refractivity contribution in [2.45, 2.75) is 37.5 Å². The van der Waals surface area contributed by atoms with Gasteiger partial charge in [-0.2, -0.15) is 0 Å². The molecule has 1 atom stereocenters. The molecule has 170 valence electrons. The smallest absolute Gasteiger partial charge is 0.337 e. The standard InChI is InChI=1S/C28H29NO4/c30-19-27(31)33-26-16-8-13-23-24(26)14-7-15-25(23)28(32)29-18-17-22(20-9-3-1-4-10-20)21-11-5-2-6-12-21/h1-6,8-13,16,22,25,30H,7,14-15,17-19H2,(H,29,32). The van der Waals surface area contributed by atoms with E-state index in [0.29, 0.717) is 12.3 Å². The number of carbonyl (C=O) groups is 2. The van der Waals surface area contributed by atoms with Gasteiger partial charge in [0.2, 0.25) is 5.91 Å². The highest BCUT2D eigenvalue weighted by Crippen LogP contribution is 2.37. The summed E-state index contributed by atoms with van der Waals surface area (Å²) in [5, 5.41) is 12.2. The maximum Gasteiger partial charge on any atom is 0.337 e. The molecule has 1 aliphatic carbocycles. The van der Waals surface area contributed by atoms with Gasteiger partial charge in [0.25, 0.3) is 0 Å². The molecule has 0 saturated heterocycles. The van der Waals surface area contributed by atoms with Gasteiger partial charge in [-0.15, -0.1) is 0 Å². The second kappa shape index (κ2) is 10.9. The van der Waals surface area contributed by atoms with E-state index in [4.69, 9.17) is 9.84 Å². The van der Waals surface area contributed by atoms with Crippen molar-refractivity contribution < 1.29 is 19.4 Å². The van der Waals surface area contributed by atoms with Gasteiger partial charge in [-0.1, -0.05) is 72.8 Å². The first kappa shape index (κ1) is 22.7. The average molecular weight is 444 g/mol. The van der Waals surface area contributed by atoms with Gasteiger partial charge < -0.3 is 15.2 Å². The number of amides is 1. The van der Waals surface area contributed by atoms with Crippen LogP contribution in [0.5, 0.6) is 5.75 Å². The van der Waals surface area contributed by atoms with Crippen LogP contribution < -0.4 is 10.1 Å². The zero-order valence-electron chi connectivity index (χ0n) is 18.6. The molecule has 0 saturated carbocycles. The van der Waals surface area contributed by atoms with E-state index in [2.05, 4.69) is 29.6 Å². The van der Waals surface area contributed by atoms with Crippen LogP contribution in [0.15, 0.2) is 78.9 Å². The van der Waals surface area contributed by atoms with Crippen LogP contribution in [-0.4, -0.2) is 30.1 Å². The summed E-state index contributed by atoms with van der Waals surface area (Å²) in [6.07, 6.45) is 3.15. The first-order valence-electron chi connectivity index (χ1n) is 11.5. The van der Waals surface area contributed by atoms with E-state index in [0.717, 1.165) is 36.8 Å². The minimum absolute atomic E-state index is 0.00135. The summed E-state index contributed by atoms with van der Waals surface area (Å²) in [5.41, 5.74) is 4.26. The van der Waals surface area contributed by atoms with Gasteiger partial charge in [0.05, 0.1) is 5.92 Å². The Labute approximate surface area is 194 Å². The summed E-state index contributed by atoms with van der Waals surface area (Å²) in [5.74, 6) is -0.314. The molecule has 0 heterocycles. The average Bonchev–Trinajstić information content (AvgIpc) is 2.87. The normalized spacial score (nSPS) is 15.0. The molecule has 1 unspecified atom stereocenters. The van der Waals surface area contributed by atoms with Gasteiger partial charge >= 0.3 is 5.97 Å². The molecule has 0 aliphatic heterocycles. The van der Waals surface area contributed by atoms with Gasteiger partial charge in [-0.05, 0) is 54.0 Å². The highest BCUT2D eigenvalue weighted by Gasteiger charge is 2.29. The van der Waals surface area contributed by atoms with Crippen molar-refractivity contribution in [2.75, 3.05) is 13.2 Å². The molecule has 1 amide bonds. The second-order valence-corrected chi connectivity index (χ2v) is 8.35. The Morgan fingerprint density at radius 3 is 2.24 bits per heavy atom. The van der Waals surface area contributed by atoms with E-state index in [1.807, 2.05) is 42.5 Å². The Hall–Kier alpha value is -3.44. The lowest BCUT2D eigenvalue weighted by Crippen LogP contribution is -2.33. The van der Waals surface area contributed by atoms with Crippen molar-refractivity contribution in [2.24, 2.45) is 0 Å². The van der Waals surface area contributed by atoms with E-state index in [1.165, 1.54) is 11.1 Å². The predicted molar refractivity (Wildman–Crippen MR) is 127 cm³/mol. The summed E-state index contributed by atoms with van der Waals surface area (Å²) >= 11 is 0. The molecule has 0 spiro atoms. The molecule has 0 fully saturated rings. The second-order valence-electron chi connectivity index (χ2n) is 8.35. The van der Waals surface area contributed by atoms with Gasteiger partial charge in [-0.3, -0.25) is 4.79 Å². The molecule has 3 aromatic carbocycles. The summed E-state index contributed by atoms with van der Waals surface area (Å²) in [6, 6.07) is 26.2. The van der Waals surface area contributed by atoms with E-state index >= 15 is 0 Å². The summed E-state index contributed by atoms with van der Waals surface area (Å²) < 4.78 is 5.28. The Bertz CT molecular complexity index is 1040. The molecular formula is C28H29NO4. The zero-order valence-corrected chi connectivity index (χ0v) is 18.6. The lowest BCUT2D eigenvalue weighted by molar-refractivity contribution is -0.137. The number of ether oxygens (including phenoxy) is 1. The minimum atomic E-state index is -0.692. The molecule has 3 aromatic rings. The lowest BCUT2D eigenvalue weighted by atomic mass is 9.81. The maximum atomic E-state index is 13.1. The summed E-state index contributed by atoms with van der Waals surface area (Å²) in [4.78, 5) is 24.7. The molecule has 4 rings (SSSR count). The Morgan fingerprint density at radius 1 is 0.939 bits per heavy atom. The third-order valence-electron chi connectivity index (χ3n) is 6.27. The monoisotopic (exact) mass is 443 g/mol. The van der Waals surface area contributed by atoms with Crippen LogP contribution in [0.3, 0.4) is 0 Å². The molecule has 5 nitrogen and oxygen atoms in total. The fraction of sp³-hybridized carbons (Fsp3) is 0.286. The number of hydrogen-bond donors (Lipinski definition) is 2. The van der Waals surface area contributed by atoms with E-state index in [9.17, 15) is 9.59 Å². The molecule has 5 heteroatoms. The SMILES string of the molecule is O=C(CO)Oc1cccc2c1CCCC2C(=O)NCCC(c1ccccc1)c1ccccc1. The quantitative estimate of drug-likeness (QED) is 0.401. The number of carbonyl (C=O) groups excluding carboxylic acids is 2. The number of benzene rings is 3. The van der Waals surface area contributed by atoms with Crippen LogP contribution in [0.25, 0.3) is 0 Å². The Kier molecular flexibility index (Phi) is 7.53. The molecule has 0 aromatic heterocycles. The molecule has 33 heavy (non-hydrogen) atoms. The van der Waals surface area contributed by atoms with Crippen molar-refractivity contribution >= 4 is 11.9 Å². The zero-order chi connectivity index (χ0) is 23.0. The number of aliphatic hydroxyl groups is 1. The van der Waals surface area contributed by atoms with Crippen LogP contribution in [0.1, 0.15) is 53.4 Å². The van der Waals surface area contributed by atoms with Crippen LogP contribution in [-0.2, 0) is 16.0 Å². The Balaban J connectivity index is 1.45. The number of rotatable bonds is 8. The van der Waals surface area contributed by atoms with Crippen LogP contribution in [0, 0.1) is 0 Å². The van der Waals surface area contributed by atoms with E-state index in [-0.39, 0.29) is 17.7 Å². The van der Waals surface area contributed by atoms with Crippen molar-refractivity contribution in [3.05, 3.63) is 101 Å². The van der Waals surface area contributed by atoms with Gasteiger partial charge in [0.15, 0.2) is 0 Å².